The molecule has 12 heteroatoms. The molecule has 5 nitrogen and oxygen atoms in total. The molecule has 1 aliphatic carbocycles. The summed E-state index contributed by atoms with van der Waals surface area (Å²) in [5.41, 5.74) is -5.31. The number of hydrogen-bond acceptors (Lipinski definition) is 4. The Labute approximate surface area is 134 Å². The molecule has 0 unspecified atom stereocenters. The molecule has 24 heavy (non-hydrogen) atoms. The van der Waals surface area contributed by atoms with Crippen LogP contribution in [0.15, 0.2) is 0 Å². The molecular formula is C12H16F6O5S. The van der Waals surface area contributed by atoms with Crippen LogP contribution in [-0.4, -0.2) is 42.6 Å². The first-order valence-electron chi connectivity index (χ1n) is 7.01. The third-order valence-corrected chi connectivity index (χ3v) is 4.54. The summed E-state index contributed by atoms with van der Waals surface area (Å²) in [4.78, 5) is 11.8. The first-order valence-corrected chi connectivity index (χ1v) is 8.62. The van der Waals surface area contributed by atoms with Gasteiger partial charge in [0.1, 0.15) is 5.75 Å². The Hall–Kier alpha value is -1.04. The van der Waals surface area contributed by atoms with Crippen molar-refractivity contribution < 1.29 is 48.8 Å². The highest BCUT2D eigenvalue weighted by atomic mass is 32.2. The molecule has 142 valence electrons. The van der Waals surface area contributed by atoms with Crippen LogP contribution < -0.4 is 0 Å². The van der Waals surface area contributed by atoms with Gasteiger partial charge in [-0.3, -0.25) is 9.35 Å². The second-order valence-corrected chi connectivity index (χ2v) is 7.11. The monoisotopic (exact) mass is 386 g/mol. The minimum absolute atomic E-state index is 0.0521. The fraction of sp³-hybridized carbons (Fsp3) is 0.917. The zero-order chi connectivity index (χ0) is 18.8. The van der Waals surface area contributed by atoms with E-state index in [0.717, 1.165) is 0 Å². The second-order valence-electron chi connectivity index (χ2n) is 5.66. The van der Waals surface area contributed by atoms with Crippen LogP contribution in [0.4, 0.5) is 26.3 Å². The summed E-state index contributed by atoms with van der Waals surface area (Å²) in [6, 6.07) is 0. The Bertz CT molecular complexity index is 531. The van der Waals surface area contributed by atoms with Gasteiger partial charge in [-0.25, -0.2) is 0 Å². The third kappa shape index (κ3) is 4.98. The van der Waals surface area contributed by atoms with Crippen LogP contribution in [-0.2, 0) is 19.6 Å². The van der Waals surface area contributed by atoms with E-state index in [-0.39, 0.29) is 12.8 Å². The van der Waals surface area contributed by atoms with Gasteiger partial charge < -0.3 is 4.74 Å². The molecule has 1 aliphatic rings. The predicted octanol–water partition coefficient (Wildman–Crippen LogP) is 3.25. The number of alkyl halides is 6. The maximum atomic E-state index is 13.0. The van der Waals surface area contributed by atoms with E-state index in [9.17, 15) is 39.6 Å². The Morgan fingerprint density at radius 1 is 0.958 bits per heavy atom. The lowest BCUT2D eigenvalue weighted by atomic mass is 9.99. The lowest BCUT2D eigenvalue weighted by Gasteiger charge is -2.36. The standard InChI is InChI=1S/C12H16F6O5S/c13-11(14,15)10(12(16,17)18,7-24(20,21)22)23-9(19)8-5-3-1-2-4-6-8/h8H,1-7H2,(H,20,21,22). The Kier molecular flexibility index (Phi) is 6.18. The van der Waals surface area contributed by atoms with Gasteiger partial charge in [-0.15, -0.1) is 0 Å². The van der Waals surface area contributed by atoms with Crippen molar-refractivity contribution in [3.8, 4) is 0 Å². The number of rotatable bonds is 4. The van der Waals surface area contributed by atoms with Crippen molar-refractivity contribution in [2.45, 2.75) is 56.5 Å². The van der Waals surface area contributed by atoms with E-state index in [2.05, 4.69) is 4.74 Å². The lowest BCUT2D eigenvalue weighted by molar-refractivity contribution is -0.362. The summed E-state index contributed by atoms with van der Waals surface area (Å²) in [6.45, 7) is 0. The topological polar surface area (TPSA) is 80.7 Å². The van der Waals surface area contributed by atoms with Crippen LogP contribution in [0.5, 0.6) is 0 Å². The maximum Gasteiger partial charge on any atom is 0.438 e. The lowest BCUT2D eigenvalue weighted by Crippen LogP contribution is -2.63. The number of hydrogen-bond donors (Lipinski definition) is 1. The average molecular weight is 386 g/mol. The van der Waals surface area contributed by atoms with Gasteiger partial charge in [-0.1, -0.05) is 25.7 Å². The van der Waals surface area contributed by atoms with Crippen molar-refractivity contribution in [1.82, 2.24) is 0 Å². The van der Waals surface area contributed by atoms with Gasteiger partial charge in [-0.2, -0.15) is 34.8 Å². The normalized spacial score (nSPS) is 19.0. The van der Waals surface area contributed by atoms with Crippen LogP contribution in [0.2, 0.25) is 0 Å². The first-order chi connectivity index (χ1) is 10.7. The van der Waals surface area contributed by atoms with Crippen LogP contribution >= 0.6 is 0 Å². The SMILES string of the molecule is O=C(OC(CS(=O)(=O)O)(C(F)(F)F)C(F)(F)F)C1CCCCCC1. The summed E-state index contributed by atoms with van der Waals surface area (Å²) in [6.07, 6.45) is -10.2. The summed E-state index contributed by atoms with van der Waals surface area (Å²) in [5, 5.41) is 0. The molecule has 1 fully saturated rings. The summed E-state index contributed by atoms with van der Waals surface area (Å²) in [5.74, 6) is -5.79. The molecule has 1 saturated carbocycles. The number of carbonyl (C=O) groups is 1. The largest absolute Gasteiger partial charge is 0.438 e. The molecule has 0 heterocycles. The molecule has 0 amide bonds. The van der Waals surface area contributed by atoms with E-state index in [4.69, 9.17) is 4.55 Å². The van der Waals surface area contributed by atoms with E-state index in [1.807, 2.05) is 0 Å². The smallest absolute Gasteiger partial charge is 0.438 e. The van der Waals surface area contributed by atoms with Crippen molar-refractivity contribution in [3.05, 3.63) is 0 Å². The highest BCUT2D eigenvalue weighted by Crippen LogP contribution is 2.47. The zero-order valence-corrected chi connectivity index (χ0v) is 13.1. The van der Waals surface area contributed by atoms with E-state index < -0.39 is 45.7 Å². The Morgan fingerprint density at radius 3 is 1.71 bits per heavy atom. The zero-order valence-electron chi connectivity index (χ0n) is 12.3. The molecular weight excluding hydrogens is 370 g/mol. The van der Waals surface area contributed by atoms with E-state index in [0.29, 0.717) is 25.7 Å². The summed E-state index contributed by atoms with van der Waals surface area (Å²) in [7, 11) is -5.75. The van der Waals surface area contributed by atoms with Crippen molar-refractivity contribution in [3.63, 3.8) is 0 Å². The minimum atomic E-state index is -6.28. The molecule has 0 aromatic carbocycles. The fourth-order valence-corrected chi connectivity index (χ4v) is 3.40. The van der Waals surface area contributed by atoms with Crippen LogP contribution in [0.3, 0.4) is 0 Å². The maximum absolute atomic E-state index is 13.0. The molecule has 0 aliphatic heterocycles. The van der Waals surface area contributed by atoms with Crippen molar-refractivity contribution >= 4 is 16.1 Å². The van der Waals surface area contributed by atoms with Gasteiger partial charge in [0.05, 0.1) is 5.92 Å². The minimum Gasteiger partial charge on any atom is -0.438 e. The Morgan fingerprint density at radius 2 is 1.38 bits per heavy atom. The number of ether oxygens (including phenoxy) is 1. The molecule has 0 bridgehead atoms. The highest BCUT2D eigenvalue weighted by molar-refractivity contribution is 7.85. The molecule has 0 aromatic rings. The highest BCUT2D eigenvalue weighted by Gasteiger charge is 2.76. The molecule has 0 spiro atoms. The second kappa shape index (κ2) is 7.06. The van der Waals surface area contributed by atoms with Gasteiger partial charge in [0.2, 0.25) is 0 Å². The Balaban J connectivity index is 3.23. The van der Waals surface area contributed by atoms with E-state index in [1.165, 1.54) is 0 Å². The van der Waals surface area contributed by atoms with Gasteiger partial charge in [0, 0.05) is 0 Å². The van der Waals surface area contributed by atoms with Crippen LogP contribution in [0, 0.1) is 5.92 Å². The number of carbonyl (C=O) groups excluding carboxylic acids is 1. The van der Waals surface area contributed by atoms with Gasteiger partial charge >= 0.3 is 23.9 Å². The molecule has 0 radical (unpaired) electrons. The summed E-state index contributed by atoms with van der Waals surface area (Å²) >= 11 is 0. The summed E-state index contributed by atoms with van der Waals surface area (Å²) < 4.78 is 112. The van der Waals surface area contributed by atoms with Crippen molar-refractivity contribution in [2.75, 3.05) is 5.75 Å². The van der Waals surface area contributed by atoms with Gasteiger partial charge in [0.25, 0.3) is 10.1 Å². The van der Waals surface area contributed by atoms with Crippen molar-refractivity contribution in [1.29, 1.82) is 0 Å². The molecule has 1 N–H and O–H groups in total. The van der Waals surface area contributed by atoms with Crippen LogP contribution in [0.1, 0.15) is 38.5 Å². The fourth-order valence-electron chi connectivity index (χ4n) is 2.50. The predicted molar refractivity (Wildman–Crippen MR) is 68.5 cm³/mol. The third-order valence-electron chi connectivity index (χ3n) is 3.76. The van der Waals surface area contributed by atoms with Gasteiger partial charge in [0.15, 0.2) is 0 Å². The van der Waals surface area contributed by atoms with E-state index in [1.54, 1.807) is 0 Å². The average Bonchev–Trinajstić information content (AvgIpc) is 2.62. The molecule has 0 saturated heterocycles. The number of halogens is 6. The van der Waals surface area contributed by atoms with Crippen molar-refractivity contribution in [2.24, 2.45) is 5.92 Å². The molecule has 0 atom stereocenters. The molecule has 1 rings (SSSR count). The van der Waals surface area contributed by atoms with Gasteiger partial charge in [-0.05, 0) is 12.8 Å². The first kappa shape index (κ1) is 21.0. The quantitative estimate of drug-likeness (QED) is 0.347. The number of esters is 1. The van der Waals surface area contributed by atoms with Crippen LogP contribution in [0.25, 0.3) is 0 Å². The van der Waals surface area contributed by atoms with E-state index >= 15 is 0 Å². The molecule has 0 aromatic heterocycles.